The van der Waals surface area contributed by atoms with Crippen molar-refractivity contribution in [3.8, 4) is 0 Å². The summed E-state index contributed by atoms with van der Waals surface area (Å²) in [5.74, 6) is -0.830. The van der Waals surface area contributed by atoms with Gasteiger partial charge in [-0.25, -0.2) is 0 Å². The van der Waals surface area contributed by atoms with Crippen LogP contribution in [0.25, 0.3) is 0 Å². The van der Waals surface area contributed by atoms with E-state index in [-0.39, 0.29) is 5.97 Å². The van der Waals surface area contributed by atoms with Crippen LogP contribution < -0.4 is 5.73 Å². The molecule has 1 aliphatic rings. The van der Waals surface area contributed by atoms with Crippen molar-refractivity contribution in [1.29, 1.82) is 0 Å². The van der Waals surface area contributed by atoms with E-state index in [0.717, 1.165) is 6.42 Å². The molecule has 0 saturated heterocycles. The molecule has 0 bridgehead atoms. The third kappa shape index (κ3) is 2.78. The molecule has 0 aliphatic heterocycles. The van der Waals surface area contributed by atoms with Crippen molar-refractivity contribution in [1.82, 2.24) is 0 Å². The molecule has 0 unspecified atom stereocenters. The number of rotatable bonds is 2. The average molecular weight is 213 g/mol. The van der Waals surface area contributed by atoms with Crippen LogP contribution in [0, 0.1) is 5.92 Å². The number of carbonyl (C=O) groups is 2. The lowest BCUT2D eigenvalue weighted by Crippen LogP contribution is -2.49. The van der Waals surface area contributed by atoms with E-state index in [0.29, 0.717) is 19.1 Å². The van der Waals surface area contributed by atoms with E-state index in [1.54, 1.807) is 20.8 Å². The van der Waals surface area contributed by atoms with Crippen molar-refractivity contribution in [2.45, 2.75) is 51.2 Å². The summed E-state index contributed by atoms with van der Waals surface area (Å²) in [6.07, 6.45) is 2.71. The van der Waals surface area contributed by atoms with Crippen molar-refractivity contribution < 1.29 is 14.3 Å². The Labute approximate surface area is 90.2 Å². The van der Waals surface area contributed by atoms with Crippen LogP contribution in [0.3, 0.4) is 0 Å². The fourth-order valence-electron chi connectivity index (χ4n) is 1.91. The molecule has 2 atom stereocenters. The molecule has 1 aliphatic carbocycles. The highest BCUT2D eigenvalue weighted by Crippen LogP contribution is 2.34. The largest absolute Gasteiger partial charge is 0.460 e. The van der Waals surface area contributed by atoms with Crippen molar-refractivity contribution in [3.63, 3.8) is 0 Å². The molecule has 1 saturated carbocycles. The van der Waals surface area contributed by atoms with Gasteiger partial charge in [0.2, 0.25) is 0 Å². The van der Waals surface area contributed by atoms with E-state index in [1.165, 1.54) is 0 Å². The molecule has 0 heterocycles. The molecule has 0 spiro atoms. The summed E-state index contributed by atoms with van der Waals surface area (Å²) >= 11 is 0. The number of hydrogen-bond donors (Lipinski definition) is 1. The number of aldehydes is 1. The maximum absolute atomic E-state index is 11.8. The van der Waals surface area contributed by atoms with Gasteiger partial charge in [-0.15, -0.1) is 0 Å². The van der Waals surface area contributed by atoms with Crippen LogP contribution in [0.2, 0.25) is 0 Å². The molecule has 4 nitrogen and oxygen atoms in total. The summed E-state index contributed by atoms with van der Waals surface area (Å²) in [7, 11) is 0. The maximum atomic E-state index is 11.8. The molecule has 0 aromatic heterocycles. The molecular formula is C11H19NO3. The Morgan fingerprint density at radius 1 is 1.53 bits per heavy atom. The van der Waals surface area contributed by atoms with E-state index in [4.69, 9.17) is 10.5 Å². The smallest absolute Gasteiger partial charge is 0.311 e. The molecule has 1 fully saturated rings. The summed E-state index contributed by atoms with van der Waals surface area (Å²) in [5, 5.41) is 0. The van der Waals surface area contributed by atoms with Gasteiger partial charge in [0.05, 0.1) is 11.5 Å². The maximum Gasteiger partial charge on any atom is 0.311 e. The van der Waals surface area contributed by atoms with Crippen LogP contribution >= 0.6 is 0 Å². The average Bonchev–Trinajstić information content (AvgIpc) is 2.45. The highest BCUT2D eigenvalue weighted by atomic mass is 16.6. The van der Waals surface area contributed by atoms with Crippen molar-refractivity contribution >= 4 is 12.3 Å². The lowest BCUT2D eigenvalue weighted by atomic mass is 9.89. The Morgan fingerprint density at radius 3 is 2.60 bits per heavy atom. The van der Waals surface area contributed by atoms with Crippen LogP contribution in [0.15, 0.2) is 0 Å². The van der Waals surface area contributed by atoms with E-state index < -0.39 is 17.1 Å². The van der Waals surface area contributed by atoms with Gasteiger partial charge in [-0.1, -0.05) is 6.42 Å². The first-order chi connectivity index (χ1) is 6.78. The number of ether oxygens (including phenoxy) is 1. The lowest BCUT2D eigenvalue weighted by Gasteiger charge is -2.27. The van der Waals surface area contributed by atoms with Crippen molar-refractivity contribution in [2.24, 2.45) is 11.7 Å². The first-order valence-corrected chi connectivity index (χ1v) is 5.26. The molecule has 4 heteroatoms. The molecule has 0 aromatic rings. The molecule has 1 rings (SSSR count). The summed E-state index contributed by atoms with van der Waals surface area (Å²) in [5.41, 5.74) is 4.32. The number of nitrogens with two attached hydrogens (primary N) is 1. The second kappa shape index (κ2) is 3.93. The van der Waals surface area contributed by atoms with Gasteiger partial charge in [0.25, 0.3) is 0 Å². The normalized spacial score (nSPS) is 31.3. The van der Waals surface area contributed by atoms with Crippen LogP contribution in [-0.2, 0) is 14.3 Å². The first-order valence-electron chi connectivity index (χ1n) is 5.26. The molecular weight excluding hydrogens is 194 g/mol. The third-order valence-corrected chi connectivity index (χ3v) is 2.66. The van der Waals surface area contributed by atoms with Gasteiger partial charge in [-0.2, -0.15) is 0 Å². The van der Waals surface area contributed by atoms with Crippen LogP contribution in [0.5, 0.6) is 0 Å². The fourth-order valence-corrected chi connectivity index (χ4v) is 1.91. The van der Waals surface area contributed by atoms with E-state index in [9.17, 15) is 9.59 Å². The van der Waals surface area contributed by atoms with Crippen LogP contribution in [-0.4, -0.2) is 23.4 Å². The fraction of sp³-hybridized carbons (Fsp3) is 0.818. The molecule has 0 amide bonds. The van der Waals surface area contributed by atoms with Gasteiger partial charge in [-0.05, 0) is 33.6 Å². The van der Waals surface area contributed by atoms with E-state index in [2.05, 4.69) is 0 Å². The lowest BCUT2D eigenvalue weighted by molar-refractivity contribution is -0.162. The molecule has 0 radical (unpaired) electrons. The first kappa shape index (κ1) is 12.2. The summed E-state index contributed by atoms with van der Waals surface area (Å²) in [4.78, 5) is 22.7. The van der Waals surface area contributed by atoms with Gasteiger partial charge in [0, 0.05) is 0 Å². The molecule has 86 valence electrons. The Morgan fingerprint density at radius 2 is 2.13 bits per heavy atom. The second-order valence-corrected chi connectivity index (χ2v) is 5.21. The van der Waals surface area contributed by atoms with E-state index >= 15 is 0 Å². The third-order valence-electron chi connectivity index (χ3n) is 2.66. The Kier molecular flexibility index (Phi) is 3.19. The number of esters is 1. The Hall–Kier alpha value is -0.900. The van der Waals surface area contributed by atoms with Crippen molar-refractivity contribution in [2.75, 3.05) is 0 Å². The predicted octanol–water partition coefficient (Wildman–Crippen LogP) is 1.02. The van der Waals surface area contributed by atoms with Gasteiger partial charge >= 0.3 is 5.97 Å². The highest BCUT2D eigenvalue weighted by Gasteiger charge is 2.45. The van der Waals surface area contributed by atoms with Gasteiger partial charge in [-0.3, -0.25) is 4.79 Å². The standard InChI is InChI=1S/C11H19NO3/c1-10(2,3)15-9(14)8-5-4-6-11(8,12)7-13/h7-8H,4-6,12H2,1-3H3/t8-,11-/m1/s1. The Bertz CT molecular complexity index is 269. The molecule has 0 aromatic carbocycles. The predicted molar refractivity (Wildman–Crippen MR) is 56.2 cm³/mol. The zero-order valence-electron chi connectivity index (χ0n) is 9.58. The molecule has 2 N–H and O–H groups in total. The Balaban J connectivity index is 2.72. The van der Waals surface area contributed by atoms with Crippen molar-refractivity contribution in [3.05, 3.63) is 0 Å². The highest BCUT2D eigenvalue weighted by molar-refractivity contribution is 5.82. The summed E-state index contributed by atoms with van der Waals surface area (Å²) in [6.45, 7) is 5.41. The topological polar surface area (TPSA) is 69.4 Å². The summed E-state index contributed by atoms with van der Waals surface area (Å²) in [6, 6.07) is 0. The van der Waals surface area contributed by atoms with Gasteiger partial charge in [0.15, 0.2) is 0 Å². The van der Waals surface area contributed by atoms with Crippen LogP contribution in [0.1, 0.15) is 40.0 Å². The minimum atomic E-state index is -1.01. The van der Waals surface area contributed by atoms with Gasteiger partial charge < -0.3 is 15.3 Å². The minimum absolute atomic E-state index is 0.352. The quantitative estimate of drug-likeness (QED) is 0.549. The SMILES string of the molecule is CC(C)(C)OC(=O)[C@H]1CCC[C@@]1(N)C=O. The zero-order valence-corrected chi connectivity index (χ0v) is 9.58. The monoisotopic (exact) mass is 213 g/mol. The number of hydrogen-bond acceptors (Lipinski definition) is 4. The molecule has 15 heavy (non-hydrogen) atoms. The van der Waals surface area contributed by atoms with Gasteiger partial charge in [0.1, 0.15) is 11.9 Å². The van der Waals surface area contributed by atoms with E-state index in [1.807, 2.05) is 0 Å². The zero-order chi connectivity index (χ0) is 11.7. The van der Waals surface area contributed by atoms with Crippen LogP contribution in [0.4, 0.5) is 0 Å². The minimum Gasteiger partial charge on any atom is -0.460 e. The number of carbonyl (C=O) groups excluding carboxylic acids is 2. The second-order valence-electron chi connectivity index (χ2n) is 5.21. The summed E-state index contributed by atoms with van der Waals surface area (Å²) < 4.78 is 5.24.